The summed E-state index contributed by atoms with van der Waals surface area (Å²) >= 11 is 7.28. The molecule has 3 nitrogen and oxygen atoms in total. The molecular weight excluding hydrogens is 328 g/mol. The number of hydrogen-bond donors (Lipinski definition) is 0. The lowest BCUT2D eigenvalue weighted by atomic mass is 10.2. The van der Waals surface area contributed by atoms with Crippen molar-refractivity contribution in [2.24, 2.45) is 0 Å². The van der Waals surface area contributed by atoms with E-state index in [9.17, 15) is 4.79 Å². The van der Waals surface area contributed by atoms with Gasteiger partial charge in [0.1, 0.15) is 0 Å². The van der Waals surface area contributed by atoms with Crippen LogP contribution < -0.4 is 5.56 Å². The minimum absolute atomic E-state index is 0.0797. The number of benzene rings is 2. The zero-order valence-corrected chi connectivity index (χ0v) is 14.2. The van der Waals surface area contributed by atoms with Gasteiger partial charge in [0.05, 0.1) is 16.6 Å². The van der Waals surface area contributed by atoms with Gasteiger partial charge < -0.3 is 0 Å². The molecule has 0 fully saturated rings. The van der Waals surface area contributed by atoms with Crippen LogP contribution in [0.3, 0.4) is 0 Å². The Hall–Kier alpha value is -2.04. The lowest BCUT2D eigenvalue weighted by Gasteiger charge is -2.13. The molecule has 3 aromatic rings. The highest BCUT2D eigenvalue weighted by Gasteiger charge is 2.13. The third kappa shape index (κ3) is 3.33. The van der Waals surface area contributed by atoms with E-state index in [-0.39, 0.29) is 5.56 Å². The summed E-state index contributed by atoms with van der Waals surface area (Å²) in [5.74, 6) is 0.498. The number of aryl methyl sites for hydroxylation is 1. The Labute approximate surface area is 143 Å². The van der Waals surface area contributed by atoms with Crippen molar-refractivity contribution in [2.45, 2.75) is 12.1 Å². The normalized spacial score (nSPS) is 10.9. The van der Waals surface area contributed by atoms with Gasteiger partial charge in [-0.1, -0.05) is 54.2 Å². The fourth-order valence-corrected chi connectivity index (χ4v) is 3.28. The first-order valence-corrected chi connectivity index (χ1v) is 8.47. The van der Waals surface area contributed by atoms with Crippen LogP contribution in [0.1, 0.15) is 5.56 Å². The van der Waals surface area contributed by atoms with E-state index in [1.54, 1.807) is 10.6 Å². The number of thioether (sulfide) groups is 1. The van der Waals surface area contributed by atoms with E-state index < -0.39 is 0 Å². The zero-order valence-electron chi connectivity index (χ0n) is 12.6. The Balaban J connectivity index is 2.27. The summed E-state index contributed by atoms with van der Waals surface area (Å²) in [5.41, 5.74) is 2.49. The van der Waals surface area contributed by atoms with Crippen molar-refractivity contribution < 1.29 is 0 Å². The van der Waals surface area contributed by atoms with E-state index in [0.29, 0.717) is 26.8 Å². The fourth-order valence-electron chi connectivity index (χ4n) is 2.35. The first kappa shape index (κ1) is 15.8. The number of rotatable bonds is 4. The molecule has 1 heterocycles. The van der Waals surface area contributed by atoms with Crippen molar-refractivity contribution in [3.05, 3.63) is 76.1 Å². The summed E-state index contributed by atoms with van der Waals surface area (Å²) < 4.78 is 1.64. The first-order chi connectivity index (χ1) is 11.1. The zero-order chi connectivity index (χ0) is 16.4. The van der Waals surface area contributed by atoms with E-state index in [1.807, 2.05) is 49.4 Å². The van der Waals surface area contributed by atoms with Crippen molar-refractivity contribution in [1.29, 1.82) is 0 Å². The molecule has 0 saturated carbocycles. The Morgan fingerprint density at radius 2 is 2.04 bits per heavy atom. The Morgan fingerprint density at radius 3 is 2.78 bits per heavy atom. The quantitative estimate of drug-likeness (QED) is 0.515. The van der Waals surface area contributed by atoms with Crippen molar-refractivity contribution in [3.8, 4) is 5.69 Å². The molecule has 3 rings (SSSR count). The lowest BCUT2D eigenvalue weighted by molar-refractivity contribution is 0.820. The molecule has 0 saturated heterocycles. The van der Waals surface area contributed by atoms with Crippen LogP contribution in [-0.4, -0.2) is 15.3 Å². The smallest absolute Gasteiger partial charge is 0.266 e. The Morgan fingerprint density at radius 1 is 1.26 bits per heavy atom. The number of nitrogens with zero attached hydrogens (tertiary/aromatic N) is 2. The summed E-state index contributed by atoms with van der Waals surface area (Å²) in [5, 5.41) is 1.73. The number of para-hydroxylation sites is 1. The standard InChI is InChI=1S/C18H15ClN2OS/c1-12-6-5-7-14(10-12)21-17(22)15-8-3-4-9-16(15)20-18(21)23-11-13(2)19/h3-10H,2,11H2,1H3. The van der Waals surface area contributed by atoms with Gasteiger partial charge in [0, 0.05) is 10.8 Å². The van der Waals surface area contributed by atoms with Crippen molar-refractivity contribution in [1.82, 2.24) is 9.55 Å². The van der Waals surface area contributed by atoms with Crippen LogP contribution in [0.25, 0.3) is 16.6 Å². The molecule has 0 N–H and O–H groups in total. The second-order valence-corrected chi connectivity index (χ2v) is 6.67. The molecule has 0 aliphatic heterocycles. The number of fused-ring (bicyclic) bond motifs is 1. The van der Waals surface area contributed by atoms with Crippen molar-refractivity contribution >= 4 is 34.3 Å². The molecule has 0 radical (unpaired) electrons. The molecule has 0 spiro atoms. The molecule has 0 bridgehead atoms. The maximum absolute atomic E-state index is 13.0. The van der Waals surface area contributed by atoms with Crippen molar-refractivity contribution in [3.63, 3.8) is 0 Å². The monoisotopic (exact) mass is 342 g/mol. The van der Waals surface area contributed by atoms with Gasteiger partial charge in [0.2, 0.25) is 0 Å². The minimum atomic E-state index is -0.0797. The molecule has 0 aliphatic carbocycles. The summed E-state index contributed by atoms with van der Waals surface area (Å²) in [7, 11) is 0. The summed E-state index contributed by atoms with van der Waals surface area (Å²) in [6, 6.07) is 15.2. The van der Waals surface area contributed by atoms with E-state index in [1.165, 1.54) is 11.8 Å². The number of hydrogen-bond acceptors (Lipinski definition) is 3. The van der Waals surface area contributed by atoms with Crippen LogP contribution in [0, 0.1) is 6.92 Å². The molecular formula is C18H15ClN2OS. The number of aromatic nitrogens is 2. The molecule has 2 aromatic carbocycles. The van der Waals surface area contributed by atoms with Gasteiger partial charge in [-0.2, -0.15) is 0 Å². The van der Waals surface area contributed by atoms with Gasteiger partial charge in [-0.25, -0.2) is 4.98 Å². The first-order valence-electron chi connectivity index (χ1n) is 7.11. The van der Waals surface area contributed by atoms with Crippen LogP contribution >= 0.6 is 23.4 Å². The van der Waals surface area contributed by atoms with Crippen LogP contribution in [0.4, 0.5) is 0 Å². The highest BCUT2D eigenvalue weighted by Crippen LogP contribution is 2.23. The molecule has 1 aromatic heterocycles. The van der Waals surface area contributed by atoms with Crippen LogP contribution in [0.2, 0.25) is 0 Å². The number of halogens is 1. The summed E-state index contributed by atoms with van der Waals surface area (Å²) in [6.07, 6.45) is 0. The predicted molar refractivity (Wildman–Crippen MR) is 97.8 cm³/mol. The SMILES string of the molecule is C=C(Cl)CSc1nc2ccccc2c(=O)n1-c1cccc(C)c1. The molecule has 5 heteroatoms. The lowest BCUT2D eigenvalue weighted by Crippen LogP contribution is -2.21. The van der Waals surface area contributed by atoms with Gasteiger partial charge >= 0.3 is 0 Å². The Kier molecular flexibility index (Phi) is 4.55. The molecule has 116 valence electrons. The average molecular weight is 343 g/mol. The van der Waals surface area contributed by atoms with Gasteiger partial charge in [-0.3, -0.25) is 9.36 Å². The van der Waals surface area contributed by atoms with E-state index in [0.717, 1.165) is 11.3 Å². The third-order valence-electron chi connectivity index (χ3n) is 3.36. The topological polar surface area (TPSA) is 34.9 Å². The highest BCUT2D eigenvalue weighted by atomic mass is 35.5. The predicted octanol–water partition coefficient (Wildman–Crippen LogP) is 4.54. The molecule has 0 atom stereocenters. The Bertz CT molecular complexity index is 949. The maximum Gasteiger partial charge on any atom is 0.266 e. The van der Waals surface area contributed by atoms with Crippen LogP contribution in [-0.2, 0) is 0 Å². The van der Waals surface area contributed by atoms with E-state index in [4.69, 9.17) is 11.6 Å². The highest BCUT2D eigenvalue weighted by molar-refractivity contribution is 7.99. The molecule has 0 aliphatic rings. The summed E-state index contributed by atoms with van der Waals surface area (Å²) in [6.45, 7) is 5.70. The second kappa shape index (κ2) is 6.60. The largest absolute Gasteiger partial charge is 0.268 e. The van der Waals surface area contributed by atoms with Crippen LogP contribution in [0.15, 0.2) is 70.1 Å². The van der Waals surface area contributed by atoms with Crippen molar-refractivity contribution in [2.75, 3.05) is 5.75 Å². The van der Waals surface area contributed by atoms with Gasteiger partial charge in [0.25, 0.3) is 5.56 Å². The molecule has 0 amide bonds. The molecule has 23 heavy (non-hydrogen) atoms. The maximum atomic E-state index is 13.0. The van der Waals surface area contributed by atoms with Gasteiger partial charge in [-0.05, 0) is 36.8 Å². The van der Waals surface area contributed by atoms with Crippen LogP contribution in [0.5, 0.6) is 0 Å². The average Bonchev–Trinajstić information content (AvgIpc) is 2.53. The van der Waals surface area contributed by atoms with E-state index >= 15 is 0 Å². The van der Waals surface area contributed by atoms with Gasteiger partial charge in [-0.15, -0.1) is 0 Å². The minimum Gasteiger partial charge on any atom is -0.268 e. The second-order valence-electron chi connectivity index (χ2n) is 5.20. The summed E-state index contributed by atoms with van der Waals surface area (Å²) in [4.78, 5) is 17.6. The fraction of sp³-hybridized carbons (Fsp3) is 0.111. The molecule has 0 unspecified atom stereocenters. The third-order valence-corrected chi connectivity index (χ3v) is 4.68. The van der Waals surface area contributed by atoms with E-state index in [2.05, 4.69) is 11.6 Å². The van der Waals surface area contributed by atoms with Gasteiger partial charge in [0.15, 0.2) is 5.16 Å².